The second-order valence-electron chi connectivity index (χ2n) is 5.52. The van der Waals surface area contributed by atoms with Crippen LogP contribution in [0.5, 0.6) is 0 Å². The van der Waals surface area contributed by atoms with Gasteiger partial charge in [-0.15, -0.1) is 0 Å². The van der Waals surface area contributed by atoms with E-state index in [0.717, 1.165) is 32.6 Å². The number of carbonyl (C=O) groups excluding carboxylic acids is 1. The summed E-state index contributed by atoms with van der Waals surface area (Å²) in [5, 5.41) is 13.7. The maximum absolute atomic E-state index is 11.7. The number of amides is 2. The van der Waals surface area contributed by atoms with Crippen LogP contribution in [0.4, 0.5) is 4.79 Å². The minimum atomic E-state index is -0.807. The quantitative estimate of drug-likeness (QED) is 0.653. The Labute approximate surface area is 112 Å². The van der Waals surface area contributed by atoms with Crippen LogP contribution < -0.4 is 10.7 Å². The monoisotopic (exact) mass is 270 g/mol. The fourth-order valence-electron chi connectivity index (χ4n) is 2.42. The van der Waals surface area contributed by atoms with Crippen molar-refractivity contribution < 1.29 is 14.7 Å². The van der Waals surface area contributed by atoms with Crippen LogP contribution in [0.25, 0.3) is 0 Å². The molecule has 0 atom stereocenters. The van der Waals surface area contributed by atoms with Crippen LogP contribution in [0.2, 0.25) is 0 Å². The van der Waals surface area contributed by atoms with Crippen molar-refractivity contribution in [3.63, 3.8) is 0 Å². The van der Waals surface area contributed by atoms with Crippen molar-refractivity contribution in [1.82, 2.24) is 20.7 Å². The predicted molar refractivity (Wildman–Crippen MR) is 69.5 cm³/mol. The summed E-state index contributed by atoms with van der Waals surface area (Å²) < 4.78 is 0. The Morgan fingerprint density at radius 3 is 2.32 bits per heavy atom. The number of aliphatic carboxylic acids is 1. The number of hydrazine groups is 1. The highest BCUT2D eigenvalue weighted by Crippen LogP contribution is 2.40. The van der Waals surface area contributed by atoms with Gasteiger partial charge in [0.15, 0.2) is 0 Å². The first-order valence-corrected chi connectivity index (χ1v) is 6.73. The Hall–Kier alpha value is -1.34. The summed E-state index contributed by atoms with van der Waals surface area (Å²) in [4.78, 5) is 25.1. The van der Waals surface area contributed by atoms with Gasteiger partial charge < -0.3 is 15.3 Å². The van der Waals surface area contributed by atoms with Crippen molar-refractivity contribution in [3.05, 3.63) is 0 Å². The summed E-state index contributed by atoms with van der Waals surface area (Å²) in [6.45, 7) is 3.61. The van der Waals surface area contributed by atoms with E-state index in [1.54, 1.807) is 0 Å². The number of rotatable bonds is 4. The average molecular weight is 270 g/mol. The number of nitrogens with one attached hydrogen (secondary N) is 2. The minimum Gasteiger partial charge on any atom is -0.481 e. The first kappa shape index (κ1) is 14.1. The van der Waals surface area contributed by atoms with E-state index in [0.29, 0.717) is 12.8 Å². The van der Waals surface area contributed by atoms with Crippen molar-refractivity contribution in [2.45, 2.75) is 19.3 Å². The first-order valence-electron chi connectivity index (χ1n) is 6.73. The normalized spacial score (nSPS) is 23.4. The number of carboxylic acid groups (broad SMARTS) is 1. The van der Waals surface area contributed by atoms with Crippen LogP contribution >= 0.6 is 0 Å². The third kappa shape index (κ3) is 3.36. The Balaban J connectivity index is 1.71. The van der Waals surface area contributed by atoms with Crippen LogP contribution in [-0.4, -0.2) is 66.8 Å². The smallest absolute Gasteiger partial charge is 0.329 e. The zero-order valence-electron chi connectivity index (χ0n) is 11.3. The van der Waals surface area contributed by atoms with Crippen LogP contribution in [0.15, 0.2) is 0 Å². The number of carboxylic acids is 1. The van der Waals surface area contributed by atoms with Crippen LogP contribution in [0, 0.1) is 5.41 Å². The van der Waals surface area contributed by atoms with Gasteiger partial charge in [0.05, 0.1) is 5.41 Å². The molecule has 7 heteroatoms. The highest BCUT2D eigenvalue weighted by molar-refractivity contribution is 5.78. The van der Waals surface area contributed by atoms with E-state index in [4.69, 9.17) is 5.11 Å². The molecule has 1 heterocycles. The second kappa shape index (κ2) is 5.75. The van der Waals surface area contributed by atoms with Crippen LogP contribution in [0.1, 0.15) is 19.3 Å². The van der Waals surface area contributed by atoms with Gasteiger partial charge in [0.1, 0.15) is 0 Å². The van der Waals surface area contributed by atoms with Gasteiger partial charge >= 0.3 is 12.0 Å². The average Bonchev–Trinajstić information content (AvgIpc) is 2.30. The summed E-state index contributed by atoms with van der Waals surface area (Å²) in [6, 6.07) is -0.308. The molecule has 0 aromatic rings. The minimum absolute atomic E-state index is 0.210. The lowest BCUT2D eigenvalue weighted by Gasteiger charge is -2.38. The maximum atomic E-state index is 11.7. The standard InChI is InChI=1S/C12H22N4O3/c1-15-5-7-16(8-6-15)14-11(19)13-9-12(10(17)18)3-2-4-12/h2-9H2,1H3,(H,17,18)(H2,13,14,19). The topological polar surface area (TPSA) is 84.9 Å². The molecular formula is C12H22N4O3. The number of piperazine rings is 1. The van der Waals surface area contributed by atoms with E-state index >= 15 is 0 Å². The predicted octanol–water partition coefficient (Wildman–Crippen LogP) is -0.297. The Morgan fingerprint density at radius 1 is 1.21 bits per heavy atom. The molecule has 2 aliphatic rings. The zero-order chi connectivity index (χ0) is 13.9. The van der Waals surface area contributed by atoms with E-state index in [2.05, 4.69) is 15.6 Å². The van der Waals surface area contributed by atoms with Gasteiger partial charge in [-0.2, -0.15) is 0 Å². The van der Waals surface area contributed by atoms with E-state index in [1.165, 1.54) is 0 Å². The lowest BCUT2D eigenvalue weighted by Crippen LogP contribution is -2.56. The van der Waals surface area contributed by atoms with Crippen LogP contribution in [-0.2, 0) is 4.79 Å². The third-order valence-electron chi connectivity index (χ3n) is 4.11. The molecule has 1 aliphatic heterocycles. The largest absolute Gasteiger partial charge is 0.481 e. The summed E-state index contributed by atoms with van der Waals surface area (Å²) in [6.07, 6.45) is 2.22. The molecule has 3 N–H and O–H groups in total. The molecular weight excluding hydrogens is 248 g/mol. The molecule has 1 aliphatic carbocycles. The molecule has 0 aromatic heterocycles. The molecule has 2 rings (SSSR count). The number of nitrogens with zero attached hydrogens (tertiary/aromatic N) is 2. The maximum Gasteiger partial charge on any atom is 0.329 e. The molecule has 1 saturated carbocycles. The SMILES string of the molecule is CN1CCN(NC(=O)NCC2(C(=O)O)CCC2)CC1. The molecule has 1 saturated heterocycles. The summed E-state index contributed by atoms with van der Waals surface area (Å²) in [7, 11) is 2.05. The van der Waals surface area contributed by atoms with Gasteiger partial charge in [0.25, 0.3) is 0 Å². The number of urea groups is 1. The van der Waals surface area contributed by atoms with Gasteiger partial charge in [0, 0.05) is 32.7 Å². The number of hydrogen-bond acceptors (Lipinski definition) is 4. The van der Waals surface area contributed by atoms with Crippen molar-refractivity contribution in [2.75, 3.05) is 39.8 Å². The molecule has 2 fully saturated rings. The molecule has 0 bridgehead atoms. The lowest BCUT2D eigenvalue weighted by molar-refractivity contribution is -0.153. The molecule has 7 nitrogen and oxygen atoms in total. The van der Waals surface area contributed by atoms with Gasteiger partial charge in [-0.05, 0) is 19.9 Å². The molecule has 0 aromatic carbocycles. The van der Waals surface area contributed by atoms with Gasteiger partial charge in [-0.3, -0.25) is 10.2 Å². The van der Waals surface area contributed by atoms with E-state index < -0.39 is 11.4 Å². The third-order valence-corrected chi connectivity index (χ3v) is 4.11. The Bertz CT molecular complexity index is 349. The van der Waals surface area contributed by atoms with Gasteiger partial charge in [-0.1, -0.05) is 6.42 Å². The summed E-state index contributed by atoms with van der Waals surface area (Å²) >= 11 is 0. The molecule has 0 spiro atoms. The summed E-state index contributed by atoms with van der Waals surface area (Å²) in [5.41, 5.74) is 2.03. The molecule has 2 amide bonds. The van der Waals surface area contributed by atoms with Crippen molar-refractivity contribution in [1.29, 1.82) is 0 Å². The fraction of sp³-hybridized carbons (Fsp3) is 0.833. The second-order valence-corrected chi connectivity index (χ2v) is 5.52. The van der Waals surface area contributed by atoms with Gasteiger partial charge in [-0.25, -0.2) is 9.80 Å². The van der Waals surface area contributed by atoms with E-state index in [1.807, 2.05) is 12.1 Å². The van der Waals surface area contributed by atoms with E-state index in [-0.39, 0.29) is 12.6 Å². The molecule has 108 valence electrons. The van der Waals surface area contributed by atoms with E-state index in [9.17, 15) is 9.59 Å². The lowest BCUT2D eigenvalue weighted by atomic mass is 9.69. The highest BCUT2D eigenvalue weighted by atomic mass is 16.4. The highest BCUT2D eigenvalue weighted by Gasteiger charge is 2.44. The van der Waals surface area contributed by atoms with Crippen molar-refractivity contribution >= 4 is 12.0 Å². The number of likely N-dealkylation sites (N-methyl/N-ethyl adjacent to an activating group) is 1. The Morgan fingerprint density at radius 2 is 1.84 bits per heavy atom. The molecule has 0 unspecified atom stereocenters. The molecule has 19 heavy (non-hydrogen) atoms. The molecule has 0 radical (unpaired) electrons. The van der Waals surface area contributed by atoms with Crippen molar-refractivity contribution in [3.8, 4) is 0 Å². The fourth-order valence-corrected chi connectivity index (χ4v) is 2.42. The number of hydrogen-bond donors (Lipinski definition) is 3. The first-order chi connectivity index (χ1) is 9.02. The van der Waals surface area contributed by atoms with Crippen molar-refractivity contribution in [2.24, 2.45) is 5.41 Å². The zero-order valence-corrected chi connectivity index (χ0v) is 11.3. The number of carbonyl (C=O) groups is 2. The van der Waals surface area contributed by atoms with Gasteiger partial charge in [0.2, 0.25) is 0 Å². The Kier molecular flexibility index (Phi) is 4.26. The van der Waals surface area contributed by atoms with Crippen LogP contribution in [0.3, 0.4) is 0 Å². The summed E-state index contributed by atoms with van der Waals surface area (Å²) in [5.74, 6) is -0.807.